The van der Waals surface area contributed by atoms with Gasteiger partial charge in [-0.15, -0.1) is 0 Å². The molecular weight excluding hydrogens is 452 g/mol. The molecule has 0 N–H and O–H groups in total. The van der Waals surface area contributed by atoms with Crippen LogP contribution in [0.25, 0.3) is 11.4 Å². The average Bonchev–Trinajstić information content (AvgIpc) is 3.51. The van der Waals surface area contributed by atoms with Gasteiger partial charge in [-0.1, -0.05) is 42.4 Å². The number of sulfonamides is 1. The molecular formula is C25H28N4O4S. The molecule has 0 unspecified atom stereocenters. The number of benzene rings is 2. The van der Waals surface area contributed by atoms with Crippen LogP contribution in [0.3, 0.4) is 0 Å². The van der Waals surface area contributed by atoms with Gasteiger partial charge in [-0.05, 0) is 49.4 Å². The highest BCUT2D eigenvalue weighted by Gasteiger charge is 2.36. The second-order valence-electron chi connectivity index (χ2n) is 8.89. The number of amides is 1. The number of aryl methyl sites for hydroxylation is 2. The van der Waals surface area contributed by atoms with E-state index in [-0.39, 0.29) is 16.7 Å². The number of hydrogen-bond donors (Lipinski definition) is 0. The molecule has 2 aliphatic heterocycles. The van der Waals surface area contributed by atoms with Crippen LogP contribution in [0.2, 0.25) is 0 Å². The van der Waals surface area contributed by atoms with Crippen LogP contribution in [0, 0.1) is 12.8 Å². The second kappa shape index (κ2) is 8.96. The van der Waals surface area contributed by atoms with Crippen molar-refractivity contribution in [3.63, 3.8) is 0 Å². The lowest BCUT2D eigenvalue weighted by molar-refractivity contribution is -0.123. The first kappa shape index (κ1) is 22.7. The number of nitrogens with zero attached hydrogens (tertiary/aromatic N) is 4. The molecule has 3 aromatic rings. The number of aromatic nitrogens is 2. The van der Waals surface area contributed by atoms with E-state index in [0.717, 1.165) is 12.1 Å². The second-order valence-corrected chi connectivity index (χ2v) is 10.8. The minimum atomic E-state index is -3.72. The maximum absolute atomic E-state index is 13.5. The summed E-state index contributed by atoms with van der Waals surface area (Å²) in [6, 6.07) is 13.2. The molecule has 0 saturated carbocycles. The van der Waals surface area contributed by atoms with E-state index in [4.69, 9.17) is 4.52 Å². The van der Waals surface area contributed by atoms with Gasteiger partial charge in [-0.25, -0.2) is 8.42 Å². The Labute approximate surface area is 199 Å². The van der Waals surface area contributed by atoms with Crippen molar-refractivity contribution < 1.29 is 17.7 Å². The summed E-state index contributed by atoms with van der Waals surface area (Å²) < 4.78 is 33.7. The third kappa shape index (κ3) is 4.03. The zero-order chi connectivity index (χ0) is 23.9. The lowest BCUT2D eigenvalue weighted by atomic mass is 9.96. The van der Waals surface area contributed by atoms with E-state index >= 15 is 0 Å². The Hall–Kier alpha value is -3.04. The predicted octanol–water partition coefficient (Wildman–Crippen LogP) is 3.60. The molecule has 2 aromatic carbocycles. The fourth-order valence-electron chi connectivity index (χ4n) is 4.80. The Morgan fingerprint density at radius 1 is 1.12 bits per heavy atom. The Balaban J connectivity index is 1.31. The molecule has 1 aromatic heterocycles. The van der Waals surface area contributed by atoms with E-state index in [2.05, 4.69) is 16.2 Å². The Morgan fingerprint density at radius 3 is 2.62 bits per heavy atom. The molecule has 9 heteroatoms. The van der Waals surface area contributed by atoms with Crippen molar-refractivity contribution >= 4 is 21.6 Å². The molecule has 34 heavy (non-hydrogen) atoms. The molecule has 1 amide bonds. The molecule has 0 bridgehead atoms. The zero-order valence-corrected chi connectivity index (χ0v) is 20.2. The summed E-state index contributed by atoms with van der Waals surface area (Å²) in [4.78, 5) is 19.6. The summed E-state index contributed by atoms with van der Waals surface area (Å²) in [6.07, 6.45) is 2.51. The summed E-state index contributed by atoms with van der Waals surface area (Å²) in [6.45, 7) is 5.03. The number of rotatable bonds is 5. The molecule has 3 heterocycles. The van der Waals surface area contributed by atoms with Crippen molar-refractivity contribution in [2.75, 3.05) is 24.5 Å². The number of para-hydroxylation sites is 1. The van der Waals surface area contributed by atoms with E-state index < -0.39 is 10.0 Å². The first-order valence-corrected chi connectivity index (χ1v) is 13.2. The Kier molecular flexibility index (Phi) is 5.99. The number of fused-ring (bicyclic) bond motifs is 1. The SMILES string of the molecule is CCc1nc(-c2ccc(C)c(S(=O)(=O)N3CCC(C(=O)N4CCc5ccccc54)CC3)c2)no1. The minimum absolute atomic E-state index is 0.101. The summed E-state index contributed by atoms with van der Waals surface area (Å²) in [5, 5.41) is 3.97. The van der Waals surface area contributed by atoms with Crippen LogP contribution >= 0.6 is 0 Å². The highest BCUT2D eigenvalue weighted by atomic mass is 32.2. The van der Waals surface area contributed by atoms with Gasteiger partial charge in [0.2, 0.25) is 27.6 Å². The maximum atomic E-state index is 13.5. The quantitative estimate of drug-likeness (QED) is 0.554. The van der Waals surface area contributed by atoms with E-state index in [1.165, 1.54) is 9.87 Å². The van der Waals surface area contributed by atoms with Crippen LogP contribution in [0.15, 0.2) is 51.9 Å². The summed E-state index contributed by atoms with van der Waals surface area (Å²) >= 11 is 0. The number of anilines is 1. The van der Waals surface area contributed by atoms with Gasteiger partial charge < -0.3 is 9.42 Å². The molecule has 1 fully saturated rings. The van der Waals surface area contributed by atoms with Gasteiger partial charge in [0.05, 0.1) is 4.90 Å². The van der Waals surface area contributed by atoms with Gasteiger partial charge >= 0.3 is 0 Å². The van der Waals surface area contributed by atoms with Crippen LogP contribution in [-0.4, -0.2) is 48.4 Å². The van der Waals surface area contributed by atoms with Gasteiger partial charge in [0.15, 0.2) is 0 Å². The van der Waals surface area contributed by atoms with Crippen LogP contribution in [0.4, 0.5) is 5.69 Å². The number of hydrogen-bond acceptors (Lipinski definition) is 6. The standard InChI is InChI=1S/C25H28N4O4S/c1-3-23-26-24(27-33-23)20-9-8-17(2)22(16-20)34(31,32)28-13-10-19(11-14-28)25(30)29-15-12-18-6-4-5-7-21(18)29/h4-9,16,19H,3,10-15H2,1-2H3. The lowest BCUT2D eigenvalue weighted by Gasteiger charge is -2.33. The predicted molar refractivity (Wildman–Crippen MR) is 128 cm³/mol. The van der Waals surface area contributed by atoms with Crippen molar-refractivity contribution in [1.29, 1.82) is 0 Å². The third-order valence-electron chi connectivity index (χ3n) is 6.79. The highest BCUT2D eigenvalue weighted by Crippen LogP contribution is 2.33. The van der Waals surface area contributed by atoms with E-state index in [1.54, 1.807) is 25.1 Å². The van der Waals surface area contributed by atoms with Gasteiger partial charge in [0, 0.05) is 43.2 Å². The highest BCUT2D eigenvalue weighted by molar-refractivity contribution is 7.89. The maximum Gasteiger partial charge on any atom is 0.243 e. The molecule has 0 spiro atoms. The molecule has 0 atom stereocenters. The number of carbonyl (C=O) groups excluding carboxylic acids is 1. The van der Waals surface area contributed by atoms with E-state index in [1.807, 2.05) is 30.0 Å². The Morgan fingerprint density at radius 2 is 1.88 bits per heavy atom. The van der Waals surface area contributed by atoms with Crippen LogP contribution in [-0.2, 0) is 27.7 Å². The summed E-state index contributed by atoms with van der Waals surface area (Å²) in [5.41, 5.74) is 3.45. The van der Waals surface area contributed by atoms with Crippen molar-refractivity contribution in [3.8, 4) is 11.4 Å². The van der Waals surface area contributed by atoms with Gasteiger partial charge in [-0.2, -0.15) is 9.29 Å². The smallest absolute Gasteiger partial charge is 0.243 e. The third-order valence-corrected chi connectivity index (χ3v) is 8.83. The monoisotopic (exact) mass is 480 g/mol. The van der Waals surface area contributed by atoms with E-state index in [9.17, 15) is 13.2 Å². The van der Waals surface area contributed by atoms with Gasteiger partial charge in [0.25, 0.3) is 0 Å². The molecule has 2 aliphatic rings. The normalized spacial score (nSPS) is 17.2. The van der Waals surface area contributed by atoms with E-state index in [0.29, 0.717) is 61.7 Å². The molecule has 1 saturated heterocycles. The fraction of sp³-hybridized carbons (Fsp3) is 0.400. The van der Waals surface area contributed by atoms with Crippen LogP contribution in [0.1, 0.15) is 36.8 Å². The zero-order valence-electron chi connectivity index (χ0n) is 19.4. The van der Waals surface area contributed by atoms with Crippen molar-refractivity contribution in [3.05, 3.63) is 59.5 Å². The van der Waals surface area contributed by atoms with Crippen LogP contribution < -0.4 is 4.90 Å². The topological polar surface area (TPSA) is 96.6 Å². The number of carbonyl (C=O) groups is 1. The van der Waals surface area contributed by atoms with Crippen molar-refractivity contribution in [2.45, 2.75) is 44.4 Å². The average molecular weight is 481 g/mol. The fourth-order valence-corrected chi connectivity index (χ4v) is 6.52. The molecule has 178 valence electrons. The largest absolute Gasteiger partial charge is 0.339 e. The molecule has 0 aliphatic carbocycles. The first-order valence-electron chi connectivity index (χ1n) is 11.7. The summed E-state index contributed by atoms with van der Waals surface area (Å²) in [7, 11) is -3.72. The lowest BCUT2D eigenvalue weighted by Crippen LogP contribution is -2.44. The van der Waals surface area contributed by atoms with Gasteiger partial charge in [-0.3, -0.25) is 4.79 Å². The summed E-state index contributed by atoms with van der Waals surface area (Å²) in [5.74, 6) is 0.816. The van der Waals surface area contributed by atoms with Gasteiger partial charge in [0.1, 0.15) is 0 Å². The molecule has 8 nitrogen and oxygen atoms in total. The minimum Gasteiger partial charge on any atom is -0.339 e. The first-order chi connectivity index (χ1) is 16.4. The number of piperidine rings is 1. The molecule has 0 radical (unpaired) electrons. The van der Waals surface area contributed by atoms with Crippen molar-refractivity contribution in [1.82, 2.24) is 14.4 Å². The van der Waals surface area contributed by atoms with Crippen LogP contribution in [0.5, 0.6) is 0 Å². The molecule has 5 rings (SSSR count). The van der Waals surface area contributed by atoms with Crippen molar-refractivity contribution in [2.24, 2.45) is 5.92 Å². The Bertz CT molecular complexity index is 1330.